The lowest BCUT2D eigenvalue weighted by molar-refractivity contribution is -0.118. The average Bonchev–Trinajstić information content (AvgIpc) is 2.90. The quantitative estimate of drug-likeness (QED) is 0.626. The second-order valence-corrected chi connectivity index (χ2v) is 9.85. The number of carbonyl (C=O) groups excluding carboxylic acids is 1. The molecule has 0 saturated carbocycles. The first-order valence-electron chi connectivity index (χ1n) is 8.38. The summed E-state index contributed by atoms with van der Waals surface area (Å²) in [7, 11) is -1.57. The van der Waals surface area contributed by atoms with Crippen LogP contribution in [0.1, 0.15) is 18.4 Å². The van der Waals surface area contributed by atoms with Gasteiger partial charge in [0.25, 0.3) is 0 Å². The predicted molar refractivity (Wildman–Crippen MR) is 109 cm³/mol. The van der Waals surface area contributed by atoms with E-state index in [2.05, 4.69) is 11.1 Å². The van der Waals surface area contributed by atoms with Crippen LogP contribution in [-0.4, -0.2) is 24.6 Å². The lowest BCUT2D eigenvalue weighted by atomic mass is 10.2. The molecule has 0 atom stereocenters. The van der Waals surface area contributed by atoms with Gasteiger partial charge in [-0.15, -0.1) is 0 Å². The molecule has 0 spiro atoms. The summed E-state index contributed by atoms with van der Waals surface area (Å²) in [5, 5.41) is 0.481. The van der Waals surface area contributed by atoms with Gasteiger partial charge in [0.15, 0.2) is 14.6 Å². The summed E-state index contributed by atoms with van der Waals surface area (Å²) in [5.41, 5.74) is 2.16. The molecule has 0 radical (unpaired) electrons. The van der Waals surface area contributed by atoms with E-state index >= 15 is 0 Å². The molecule has 5 nitrogen and oxygen atoms in total. The average molecular weight is 423 g/mol. The van der Waals surface area contributed by atoms with Crippen LogP contribution in [0.3, 0.4) is 0 Å². The number of aryl methyl sites for hydroxylation is 2. The Labute approximate surface area is 166 Å². The number of fused-ring (bicyclic) bond motifs is 1. The van der Waals surface area contributed by atoms with E-state index in [0.717, 1.165) is 15.8 Å². The molecule has 0 unspecified atom stereocenters. The first kappa shape index (κ1) is 19.8. The monoisotopic (exact) mass is 422 g/mol. The van der Waals surface area contributed by atoms with Gasteiger partial charge in [-0.2, -0.15) is 4.99 Å². The second-order valence-electron chi connectivity index (χ2n) is 6.30. The Hall–Kier alpha value is -1.96. The van der Waals surface area contributed by atoms with Crippen molar-refractivity contribution in [3.63, 3.8) is 0 Å². The van der Waals surface area contributed by atoms with Gasteiger partial charge in [-0.1, -0.05) is 29.0 Å². The van der Waals surface area contributed by atoms with Crippen molar-refractivity contribution in [1.82, 2.24) is 4.57 Å². The highest BCUT2D eigenvalue weighted by Gasteiger charge is 2.15. The standard InChI is InChI=1S/C19H19ClN2O3S2/c1-13-5-10-16-17(12-13)26-19(22(16)2)21-18(23)4-3-11-27(24,25)15-8-6-14(20)7-9-15/h5-10,12H,3-4,11H2,1-2H3. The van der Waals surface area contributed by atoms with E-state index < -0.39 is 9.84 Å². The van der Waals surface area contributed by atoms with Gasteiger partial charge >= 0.3 is 0 Å². The zero-order chi connectivity index (χ0) is 19.6. The lowest BCUT2D eigenvalue weighted by Gasteiger charge is -2.03. The summed E-state index contributed by atoms with van der Waals surface area (Å²) in [6, 6.07) is 12.1. The molecule has 1 aromatic heterocycles. The van der Waals surface area contributed by atoms with Gasteiger partial charge in [0.1, 0.15) is 0 Å². The fourth-order valence-corrected chi connectivity index (χ4v) is 5.25. The molecule has 0 aliphatic heterocycles. The smallest absolute Gasteiger partial charge is 0.248 e. The zero-order valence-corrected chi connectivity index (χ0v) is 17.4. The van der Waals surface area contributed by atoms with E-state index in [1.807, 2.05) is 30.7 Å². The van der Waals surface area contributed by atoms with Crippen LogP contribution in [0.4, 0.5) is 0 Å². The first-order chi connectivity index (χ1) is 12.8. The minimum atomic E-state index is -3.43. The van der Waals surface area contributed by atoms with Crippen molar-refractivity contribution < 1.29 is 13.2 Å². The van der Waals surface area contributed by atoms with Gasteiger partial charge in [0.2, 0.25) is 5.91 Å². The maximum absolute atomic E-state index is 12.3. The Balaban J connectivity index is 1.69. The summed E-state index contributed by atoms with van der Waals surface area (Å²) in [4.78, 5) is 17.2. The maximum Gasteiger partial charge on any atom is 0.248 e. The molecule has 2 aromatic carbocycles. The first-order valence-corrected chi connectivity index (χ1v) is 11.2. The van der Waals surface area contributed by atoms with Crippen LogP contribution in [-0.2, 0) is 21.7 Å². The minimum absolute atomic E-state index is 0.0834. The topological polar surface area (TPSA) is 68.5 Å². The van der Waals surface area contributed by atoms with Gasteiger partial charge in [-0.25, -0.2) is 8.42 Å². The molecular weight excluding hydrogens is 404 g/mol. The van der Waals surface area contributed by atoms with Crippen LogP contribution in [0.2, 0.25) is 5.02 Å². The predicted octanol–water partition coefficient (Wildman–Crippen LogP) is 3.88. The normalized spacial score (nSPS) is 12.6. The molecule has 0 fully saturated rings. The summed E-state index contributed by atoms with van der Waals surface area (Å²) >= 11 is 7.23. The number of hydrogen-bond acceptors (Lipinski definition) is 4. The van der Waals surface area contributed by atoms with Crippen molar-refractivity contribution >= 4 is 48.9 Å². The van der Waals surface area contributed by atoms with E-state index in [1.54, 1.807) is 0 Å². The Morgan fingerprint density at radius 3 is 2.59 bits per heavy atom. The molecule has 27 heavy (non-hydrogen) atoms. The third kappa shape index (κ3) is 4.66. The van der Waals surface area contributed by atoms with Crippen molar-refractivity contribution in [2.24, 2.45) is 12.0 Å². The molecule has 0 bridgehead atoms. The molecule has 8 heteroatoms. The van der Waals surface area contributed by atoms with Gasteiger partial charge in [-0.05, 0) is 55.3 Å². The van der Waals surface area contributed by atoms with Crippen LogP contribution in [0.15, 0.2) is 52.4 Å². The Morgan fingerprint density at radius 1 is 1.19 bits per heavy atom. The van der Waals surface area contributed by atoms with E-state index in [9.17, 15) is 13.2 Å². The number of thiazole rings is 1. The van der Waals surface area contributed by atoms with Crippen molar-refractivity contribution in [3.8, 4) is 0 Å². The molecule has 0 N–H and O–H groups in total. The number of amides is 1. The Morgan fingerprint density at radius 2 is 1.89 bits per heavy atom. The minimum Gasteiger partial charge on any atom is -0.319 e. The molecule has 0 saturated heterocycles. The number of sulfone groups is 1. The molecule has 0 aliphatic rings. The third-order valence-corrected chi connectivity index (χ3v) is 7.32. The molecule has 0 aliphatic carbocycles. The Kier molecular flexibility index (Phi) is 5.83. The van der Waals surface area contributed by atoms with Gasteiger partial charge < -0.3 is 4.57 Å². The number of aromatic nitrogens is 1. The number of benzene rings is 2. The van der Waals surface area contributed by atoms with Crippen LogP contribution in [0.25, 0.3) is 10.2 Å². The molecule has 142 valence electrons. The van der Waals surface area contributed by atoms with Gasteiger partial charge in [0, 0.05) is 18.5 Å². The summed E-state index contributed by atoms with van der Waals surface area (Å²) < 4.78 is 27.5. The highest BCUT2D eigenvalue weighted by atomic mass is 35.5. The molecular formula is C19H19ClN2O3S2. The highest BCUT2D eigenvalue weighted by Crippen LogP contribution is 2.18. The Bertz CT molecular complexity index is 1160. The number of halogens is 1. The van der Waals surface area contributed by atoms with Gasteiger partial charge in [-0.3, -0.25) is 4.79 Å². The van der Waals surface area contributed by atoms with Gasteiger partial charge in [0.05, 0.1) is 20.9 Å². The van der Waals surface area contributed by atoms with Crippen molar-refractivity contribution in [2.45, 2.75) is 24.7 Å². The highest BCUT2D eigenvalue weighted by molar-refractivity contribution is 7.91. The van der Waals surface area contributed by atoms with Crippen LogP contribution in [0.5, 0.6) is 0 Å². The lowest BCUT2D eigenvalue weighted by Crippen LogP contribution is -2.14. The summed E-state index contributed by atoms with van der Waals surface area (Å²) in [6.07, 6.45) is 0.307. The number of carbonyl (C=O) groups is 1. The van der Waals surface area contributed by atoms with Crippen LogP contribution >= 0.6 is 22.9 Å². The van der Waals surface area contributed by atoms with E-state index in [-0.39, 0.29) is 29.4 Å². The van der Waals surface area contributed by atoms with E-state index in [4.69, 9.17) is 11.6 Å². The second kappa shape index (κ2) is 7.96. The van der Waals surface area contributed by atoms with Crippen molar-refractivity contribution in [1.29, 1.82) is 0 Å². The fourth-order valence-electron chi connectivity index (χ4n) is 2.68. The third-order valence-electron chi connectivity index (χ3n) is 4.16. The largest absolute Gasteiger partial charge is 0.319 e. The van der Waals surface area contributed by atoms with Crippen LogP contribution in [0, 0.1) is 6.92 Å². The van der Waals surface area contributed by atoms with Crippen LogP contribution < -0.4 is 4.80 Å². The zero-order valence-electron chi connectivity index (χ0n) is 15.0. The number of rotatable bonds is 5. The number of nitrogens with zero attached hydrogens (tertiary/aromatic N) is 2. The summed E-state index contributed by atoms with van der Waals surface area (Å²) in [6.45, 7) is 2.02. The van der Waals surface area contributed by atoms with E-state index in [0.29, 0.717) is 9.82 Å². The molecule has 1 amide bonds. The fraction of sp³-hybridized carbons (Fsp3) is 0.263. The molecule has 3 rings (SSSR count). The SMILES string of the molecule is Cc1ccc2c(c1)sc(=NC(=O)CCCS(=O)(=O)c1ccc(Cl)cc1)n2C. The summed E-state index contributed by atoms with van der Waals surface area (Å²) in [5.74, 6) is -0.423. The van der Waals surface area contributed by atoms with E-state index in [1.165, 1.54) is 35.6 Å². The van der Waals surface area contributed by atoms with Crippen molar-refractivity contribution in [3.05, 3.63) is 57.9 Å². The van der Waals surface area contributed by atoms with Crippen molar-refractivity contribution in [2.75, 3.05) is 5.75 Å². The molecule has 1 heterocycles. The number of hydrogen-bond donors (Lipinski definition) is 0. The maximum atomic E-state index is 12.3. The molecule has 3 aromatic rings.